The van der Waals surface area contributed by atoms with Gasteiger partial charge in [-0.1, -0.05) is 42.5 Å². The highest BCUT2D eigenvalue weighted by Gasteiger charge is 2.26. The predicted molar refractivity (Wildman–Crippen MR) is 160 cm³/mol. The van der Waals surface area contributed by atoms with Crippen LogP contribution < -0.4 is 38.5 Å². The van der Waals surface area contributed by atoms with Gasteiger partial charge in [-0.2, -0.15) is 12.6 Å². The highest BCUT2D eigenvalue weighted by atomic mass is 32.1. The Balaban J connectivity index is 1.77. The van der Waals surface area contributed by atoms with Crippen LogP contribution in [0.5, 0.6) is 5.75 Å². The molecule has 0 aliphatic rings. The summed E-state index contributed by atoms with van der Waals surface area (Å²) in [4.78, 5) is 61.6. The smallest absolute Gasteiger partial charge is 0.243 e. The maximum Gasteiger partial charge on any atom is 0.243 e. The lowest BCUT2D eigenvalue weighted by molar-refractivity contribution is -0.131. The molecule has 228 valence electrons. The fourth-order valence-electron chi connectivity index (χ4n) is 3.86. The van der Waals surface area contributed by atoms with Crippen LogP contribution in [0.2, 0.25) is 0 Å². The van der Waals surface area contributed by atoms with Crippen molar-refractivity contribution in [2.24, 2.45) is 17.2 Å². The molecule has 13 nitrogen and oxygen atoms in total. The second-order valence-electron chi connectivity index (χ2n) is 9.69. The first-order valence-corrected chi connectivity index (χ1v) is 14.0. The van der Waals surface area contributed by atoms with Crippen molar-refractivity contribution in [2.75, 3.05) is 18.8 Å². The van der Waals surface area contributed by atoms with Gasteiger partial charge in [0.2, 0.25) is 29.5 Å². The van der Waals surface area contributed by atoms with Crippen LogP contribution in [0, 0.1) is 0 Å². The molecule has 42 heavy (non-hydrogen) atoms. The fraction of sp³-hybridized carbons (Fsp3) is 0.393. The number of thiol groups is 1. The van der Waals surface area contributed by atoms with Crippen LogP contribution in [0.3, 0.4) is 0 Å². The summed E-state index contributed by atoms with van der Waals surface area (Å²) in [5.74, 6) is -2.85. The number of nitrogens with one attached hydrogen (secondary N) is 4. The van der Waals surface area contributed by atoms with Crippen LogP contribution in [-0.4, -0.2) is 77.7 Å². The minimum Gasteiger partial charge on any atom is -0.508 e. The number of hydrogen-bond acceptors (Lipinski definition) is 9. The fourth-order valence-corrected chi connectivity index (χ4v) is 4.13. The molecule has 0 aromatic heterocycles. The van der Waals surface area contributed by atoms with Crippen LogP contribution in [0.1, 0.15) is 24.0 Å². The van der Waals surface area contributed by atoms with Gasteiger partial charge in [0.25, 0.3) is 0 Å². The van der Waals surface area contributed by atoms with Crippen LogP contribution >= 0.6 is 12.6 Å². The molecule has 5 amide bonds. The molecule has 0 aliphatic heterocycles. The highest BCUT2D eigenvalue weighted by Crippen LogP contribution is 2.11. The van der Waals surface area contributed by atoms with Crippen LogP contribution in [0.25, 0.3) is 0 Å². The zero-order valence-electron chi connectivity index (χ0n) is 23.1. The van der Waals surface area contributed by atoms with Gasteiger partial charge in [0.15, 0.2) is 0 Å². The standard InChI is InChI=1S/C28H39N7O6S/c29-20(7-4-12-32-27(40)21(30)13-18-8-10-19(36)11-9-18)26(39)33-15-24(37)34-22(14-17-5-2-1-3-6-17)28(41)35-23(16-42)25(31)38/h1-3,5-6,8-11,20-23,36,42H,4,7,12-16,29-30H2,(H2,31,38)(H,32,40)(H,33,39)(H,34,37)(H,35,41)/t20?,21-,22-,23+/m0/s1. The van der Waals surface area contributed by atoms with Crippen molar-refractivity contribution in [2.45, 2.75) is 49.9 Å². The van der Waals surface area contributed by atoms with Crippen LogP contribution in [0.15, 0.2) is 54.6 Å². The van der Waals surface area contributed by atoms with Crippen LogP contribution in [-0.2, 0) is 36.8 Å². The van der Waals surface area contributed by atoms with Gasteiger partial charge in [0, 0.05) is 18.7 Å². The van der Waals surface area contributed by atoms with Gasteiger partial charge in [-0.3, -0.25) is 24.0 Å². The maximum atomic E-state index is 12.8. The molecule has 0 fully saturated rings. The van der Waals surface area contributed by atoms with Crippen LogP contribution in [0.4, 0.5) is 0 Å². The molecule has 2 rings (SSSR count). The monoisotopic (exact) mass is 601 g/mol. The Hall–Kier alpha value is -4.14. The Morgan fingerprint density at radius 2 is 1.38 bits per heavy atom. The molecule has 0 spiro atoms. The molecular weight excluding hydrogens is 562 g/mol. The number of carbonyl (C=O) groups excluding carboxylic acids is 5. The van der Waals surface area contributed by atoms with Gasteiger partial charge in [-0.05, 0) is 42.5 Å². The molecule has 0 bridgehead atoms. The van der Waals surface area contributed by atoms with Gasteiger partial charge < -0.3 is 43.6 Å². The number of hydrogen-bond donors (Lipinski definition) is 9. The third kappa shape index (κ3) is 12.2. The Labute approximate surface area is 249 Å². The van der Waals surface area contributed by atoms with Gasteiger partial charge in [0.05, 0.1) is 18.6 Å². The number of aromatic hydroxyl groups is 1. The molecule has 0 saturated carbocycles. The summed E-state index contributed by atoms with van der Waals surface area (Å²) in [6.45, 7) is -0.182. The van der Waals surface area contributed by atoms with Gasteiger partial charge in [-0.15, -0.1) is 0 Å². The Kier molecular flexibility index (Phi) is 14.3. The van der Waals surface area contributed by atoms with E-state index in [0.29, 0.717) is 12.8 Å². The zero-order valence-corrected chi connectivity index (χ0v) is 24.0. The minimum absolute atomic E-state index is 0.0166. The topological polar surface area (TPSA) is 232 Å². The zero-order chi connectivity index (χ0) is 31.1. The summed E-state index contributed by atoms with van der Waals surface area (Å²) >= 11 is 4.02. The van der Waals surface area contributed by atoms with Crippen molar-refractivity contribution in [3.8, 4) is 5.75 Å². The first-order chi connectivity index (χ1) is 20.0. The van der Waals surface area contributed by atoms with E-state index < -0.39 is 54.3 Å². The van der Waals surface area contributed by atoms with Gasteiger partial charge in [-0.25, -0.2) is 0 Å². The summed E-state index contributed by atoms with van der Waals surface area (Å²) in [7, 11) is 0. The van der Waals surface area contributed by atoms with Gasteiger partial charge >= 0.3 is 0 Å². The number of benzene rings is 2. The summed E-state index contributed by atoms with van der Waals surface area (Å²) < 4.78 is 0. The molecular formula is C28H39N7O6S. The number of rotatable bonds is 17. The van der Waals surface area contributed by atoms with E-state index in [9.17, 15) is 29.1 Å². The third-order valence-corrected chi connectivity index (χ3v) is 6.62. The molecule has 11 N–H and O–H groups in total. The highest BCUT2D eigenvalue weighted by molar-refractivity contribution is 7.80. The van der Waals surface area contributed by atoms with Crippen molar-refractivity contribution >= 4 is 42.2 Å². The Bertz CT molecular complexity index is 1200. The first kappa shape index (κ1) is 34.1. The molecule has 0 radical (unpaired) electrons. The molecule has 14 heteroatoms. The normalized spacial score (nSPS) is 13.6. The number of nitrogens with two attached hydrogens (primary N) is 3. The summed E-state index contributed by atoms with van der Waals surface area (Å²) in [6, 6.07) is 11.6. The number of phenolic OH excluding ortho intramolecular Hbond substituents is 1. The number of phenols is 1. The predicted octanol–water partition coefficient (Wildman–Crippen LogP) is -1.77. The molecule has 0 aliphatic carbocycles. The van der Waals surface area contributed by atoms with Crippen molar-refractivity contribution in [1.82, 2.24) is 21.3 Å². The second-order valence-corrected chi connectivity index (χ2v) is 10.1. The van der Waals surface area contributed by atoms with Crippen molar-refractivity contribution in [1.29, 1.82) is 0 Å². The largest absolute Gasteiger partial charge is 0.508 e. The van der Waals surface area contributed by atoms with Crippen molar-refractivity contribution < 1.29 is 29.1 Å². The van der Waals surface area contributed by atoms with E-state index in [0.717, 1.165) is 11.1 Å². The molecule has 0 heterocycles. The molecule has 2 aromatic rings. The van der Waals surface area contributed by atoms with E-state index in [2.05, 4.69) is 33.9 Å². The van der Waals surface area contributed by atoms with Crippen molar-refractivity contribution in [3.63, 3.8) is 0 Å². The SMILES string of the molecule is NC(=O)[C@@H](CS)NC(=O)[C@H](Cc1ccccc1)NC(=O)CNC(=O)C(N)CCCNC(=O)[C@@H](N)Cc1ccc(O)cc1. The van der Waals surface area contributed by atoms with E-state index >= 15 is 0 Å². The van der Waals surface area contributed by atoms with Gasteiger partial charge in [0.1, 0.15) is 17.8 Å². The second kappa shape index (κ2) is 17.6. The molecule has 0 saturated heterocycles. The number of primary amides is 1. The lowest BCUT2D eigenvalue weighted by Gasteiger charge is -2.21. The lowest BCUT2D eigenvalue weighted by Crippen LogP contribution is -2.55. The lowest BCUT2D eigenvalue weighted by atomic mass is 10.0. The minimum atomic E-state index is -1.05. The maximum absolute atomic E-state index is 12.8. The summed E-state index contributed by atoms with van der Waals surface area (Å²) in [5, 5.41) is 19.5. The Morgan fingerprint density at radius 3 is 2.00 bits per heavy atom. The van der Waals surface area contributed by atoms with E-state index in [-0.39, 0.29) is 36.8 Å². The average Bonchev–Trinajstić information content (AvgIpc) is 2.97. The van der Waals surface area contributed by atoms with E-state index in [1.165, 1.54) is 12.1 Å². The summed E-state index contributed by atoms with van der Waals surface area (Å²) in [5.41, 5.74) is 18.7. The molecule has 1 unspecified atom stereocenters. The summed E-state index contributed by atoms with van der Waals surface area (Å²) in [6.07, 6.45) is 1.06. The Morgan fingerprint density at radius 1 is 0.762 bits per heavy atom. The third-order valence-electron chi connectivity index (χ3n) is 6.26. The molecule has 2 aromatic carbocycles. The van der Waals surface area contributed by atoms with E-state index in [4.69, 9.17) is 17.2 Å². The first-order valence-electron chi connectivity index (χ1n) is 13.4. The average molecular weight is 602 g/mol. The van der Waals surface area contributed by atoms with E-state index in [1.54, 1.807) is 36.4 Å². The number of carbonyl (C=O) groups is 5. The number of amides is 5. The van der Waals surface area contributed by atoms with E-state index in [1.807, 2.05) is 6.07 Å². The molecule has 4 atom stereocenters. The quantitative estimate of drug-likeness (QED) is 0.0742. The van der Waals surface area contributed by atoms with Crippen molar-refractivity contribution in [3.05, 3.63) is 65.7 Å².